The first-order valence-electron chi connectivity index (χ1n) is 5.91. The molecule has 1 aliphatic heterocycles. The third-order valence-corrected chi connectivity index (χ3v) is 2.82. The minimum atomic E-state index is -1.05. The first-order chi connectivity index (χ1) is 9.16. The Labute approximate surface area is 109 Å². The highest BCUT2D eigenvalue weighted by atomic mass is 16.5. The maximum atomic E-state index is 11.9. The topological polar surface area (TPSA) is 98.0 Å². The minimum Gasteiger partial charge on any atom is -0.480 e. The van der Waals surface area contributed by atoms with E-state index in [1.54, 1.807) is 6.07 Å². The number of furan rings is 1. The van der Waals surface area contributed by atoms with Crippen molar-refractivity contribution in [2.75, 3.05) is 19.8 Å². The molecule has 1 aliphatic rings. The van der Waals surface area contributed by atoms with Crippen molar-refractivity contribution >= 4 is 11.9 Å². The lowest BCUT2D eigenvalue weighted by Crippen LogP contribution is -2.50. The number of hydrogen-bond donors (Lipinski definition) is 2. The molecule has 2 rings (SSSR count). The van der Waals surface area contributed by atoms with Gasteiger partial charge in [0.25, 0.3) is 5.91 Å². The summed E-state index contributed by atoms with van der Waals surface area (Å²) >= 11 is 0. The second-order valence-corrected chi connectivity index (χ2v) is 4.20. The van der Waals surface area contributed by atoms with Crippen LogP contribution in [0.2, 0.25) is 0 Å². The van der Waals surface area contributed by atoms with Gasteiger partial charge in [-0.3, -0.25) is 4.79 Å². The molecule has 1 fully saturated rings. The van der Waals surface area contributed by atoms with Gasteiger partial charge in [-0.25, -0.2) is 4.79 Å². The Kier molecular flexibility index (Phi) is 4.53. The Balaban J connectivity index is 1.91. The maximum Gasteiger partial charge on any atom is 0.329 e. The van der Waals surface area contributed by atoms with Gasteiger partial charge in [0.1, 0.15) is 19.0 Å². The van der Waals surface area contributed by atoms with Gasteiger partial charge in [-0.2, -0.15) is 0 Å². The van der Waals surface area contributed by atoms with Gasteiger partial charge in [0, 0.05) is 6.61 Å². The number of nitrogens with one attached hydrogen (secondary N) is 1. The Morgan fingerprint density at radius 3 is 3.05 bits per heavy atom. The zero-order valence-electron chi connectivity index (χ0n) is 10.2. The molecule has 7 nitrogen and oxygen atoms in total. The predicted octanol–water partition coefficient (Wildman–Crippen LogP) is 0.268. The largest absolute Gasteiger partial charge is 0.480 e. The lowest BCUT2D eigenvalue weighted by Gasteiger charge is -2.31. The molecule has 0 spiro atoms. The SMILES string of the molecule is O=C(O)CO[C@@H]1COCC[C@H]1NC(=O)c1ccoc1. The van der Waals surface area contributed by atoms with E-state index in [1.807, 2.05) is 0 Å². The lowest BCUT2D eigenvalue weighted by molar-refractivity contribution is -0.148. The number of hydrogen-bond acceptors (Lipinski definition) is 5. The van der Waals surface area contributed by atoms with Gasteiger partial charge >= 0.3 is 5.97 Å². The highest BCUT2D eigenvalue weighted by molar-refractivity contribution is 5.94. The normalized spacial score (nSPS) is 22.9. The molecule has 1 aromatic heterocycles. The number of carboxylic acids is 1. The molecule has 0 radical (unpaired) electrons. The van der Waals surface area contributed by atoms with Crippen LogP contribution in [0.3, 0.4) is 0 Å². The monoisotopic (exact) mass is 269 g/mol. The Hall–Kier alpha value is -1.86. The van der Waals surface area contributed by atoms with Crippen molar-refractivity contribution in [2.45, 2.75) is 18.6 Å². The van der Waals surface area contributed by atoms with Gasteiger partial charge in [-0.05, 0) is 12.5 Å². The number of carboxylic acid groups (broad SMARTS) is 1. The molecule has 1 amide bonds. The number of ether oxygens (including phenoxy) is 2. The predicted molar refractivity (Wildman–Crippen MR) is 62.8 cm³/mol. The number of carbonyl (C=O) groups is 2. The van der Waals surface area contributed by atoms with Crippen molar-refractivity contribution in [2.24, 2.45) is 0 Å². The molecule has 2 atom stereocenters. The Morgan fingerprint density at radius 1 is 1.53 bits per heavy atom. The highest BCUT2D eigenvalue weighted by Crippen LogP contribution is 2.12. The summed E-state index contributed by atoms with van der Waals surface area (Å²) < 4.78 is 15.3. The maximum absolute atomic E-state index is 11.9. The van der Waals surface area contributed by atoms with Crippen LogP contribution in [0.25, 0.3) is 0 Å². The van der Waals surface area contributed by atoms with Crippen LogP contribution in [-0.4, -0.2) is 48.9 Å². The van der Waals surface area contributed by atoms with E-state index in [1.165, 1.54) is 12.5 Å². The van der Waals surface area contributed by atoms with Crippen molar-refractivity contribution in [3.05, 3.63) is 24.2 Å². The fourth-order valence-corrected chi connectivity index (χ4v) is 1.86. The molecule has 19 heavy (non-hydrogen) atoms. The molecular formula is C12H15NO6. The zero-order valence-corrected chi connectivity index (χ0v) is 10.2. The van der Waals surface area contributed by atoms with Gasteiger partial charge in [0.05, 0.1) is 24.5 Å². The number of aliphatic carboxylic acids is 1. The summed E-state index contributed by atoms with van der Waals surface area (Å²) in [5.41, 5.74) is 0.420. The molecule has 1 aromatic rings. The zero-order chi connectivity index (χ0) is 13.7. The van der Waals surface area contributed by atoms with Crippen LogP contribution in [-0.2, 0) is 14.3 Å². The van der Waals surface area contributed by atoms with E-state index in [9.17, 15) is 9.59 Å². The van der Waals surface area contributed by atoms with Crippen molar-refractivity contribution in [3.8, 4) is 0 Å². The summed E-state index contributed by atoms with van der Waals surface area (Å²) in [5.74, 6) is -1.32. The van der Waals surface area contributed by atoms with Crippen molar-refractivity contribution in [1.82, 2.24) is 5.32 Å². The highest BCUT2D eigenvalue weighted by Gasteiger charge is 2.28. The molecule has 0 aliphatic carbocycles. The van der Waals surface area contributed by atoms with E-state index >= 15 is 0 Å². The van der Waals surface area contributed by atoms with Crippen LogP contribution >= 0.6 is 0 Å². The number of rotatable bonds is 5. The summed E-state index contributed by atoms with van der Waals surface area (Å²) in [4.78, 5) is 22.4. The second kappa shape index (κ2) is 6.35. The van der Waals surface area contributed by atoms with Crippen LogP contribution in [0.1, 0.15) is 16.8 Å². The average Bonchev–Trinajstić information content (AvgIpc) is 2.91. The van der Waals surface area contributed by atoms with Gasteiger partial charge < -0.3 is 24.3 Å². The third-order valence-electron chi connectivity index (χ3n) is 2.82. The van der Waals surface area contributed by atoms with Crippen LogP contribution in [0.5, 0.6) is 0 Å². The molecule has 0 unspecified atom stereocenters. The summed E-state index contributed by atoms with van der Waals surface area (Å²) in [5, 5.41) is 11.4. The minimum absolute atomic E-state index is 0.267. The van der Waals surface area contributed by atoms with Crippen molar-refractivity contribution in [1.29, 1.82) is 0 Å². The molecule has 104 valence electrons. The van der Waals surface area contributed by atoms with E-state index < -0.39 is 18.7 Å². The van der Waals surface area contributed by atoms with Crippen LogP contribution in [0, 0.1) is 0 Å². The number of amides is 1. The summed E-state index contributed by atoms with van der Waals surface area (Å²) in [6, 6.07) is 1.29. The summed E-state index contributed by atoms with van der Waals surface area (Å²) in [7, 11) is 0. The standard InChI is InChI=1S/C12H15NO6/c14-11(15)7-19-10-6-18-4-2-9(10)13-12(16)8-1-3-17-5-8/h1,3,5,9-10H,2,4,6-7H2,(H,13,16)(H,14,15)/t9-,10-/m1/s1. The molecule has 2 N–H and O–H groups in total. The fourth-order valence-electron chi connectivity index (χ4n) is 1.86. The first-order valence-corrected chi connectivity index (χ1v) is 5.91. The van der Waals surface area contributed by atoms with Gasteiger partial charge in [-0.1, -0.05) is 0 Å². The quantitative estimate of drug-likeness (QED) is 0.796. The van der Waals surface area contributed by atoms with Crippen LogP contribution in [0.15, 0.2) is 23.0 Å². The van der Waals surface area contributed by atoms with E-state index in [0.717, 1.165) is 0 Å². The van der Waals surface area contributed by atoms with Crippen LogP contribution < -0.4 is 5.32 Å². The number of carbonyl (C=O) groups excluding carboxylic acids is 1. The van der Waals surface area contributed by atoms with Gasteiger partial charge in [0.15, 0.2) is 0 Å². The van der Waals surface area contributed by atoms with E-state index in [0.29, 0.717) is 18.6 Å². The van der Waals surface area contributed by atoms with Gasteiger partial charge in [-0.15, -0.1) is 0 Å². The van der Waals surface area contributed by atoms with Crippen molar-refractivity contribution < 1.29 is 28.6 Å². The van der Waals surface area contributed by atoms with E-state index in [4.69, 9.17) is 19.0 Å². The van der Waals surface area contributed by atoms with E-state index in [2.05, 4.69) is 5.32 Å². The molecule has 2 heterocycles. The van der Waals surface area contributed by atoms with Crippen molar-refractivity contribution in [3.63, 3.8) is 0 Å². The average molecular weight is 269 g/mol. The fraction of sp³-hybridized carbons (Fsp3) is 0.500. The Morgan fingerprint density at radius 2 is 2.37 bits per heavy atom. The lowest BCUT2D eigenvalue weighted by atomic mass is 10.1. The molecule has 0 aromatic carbocycles. The molecule has 0 saturated carbocycles. The van der Waals surface area contributed by atoms with Gasteiger partial charge in [0.2, 0.25) is 0 Å². The summed E-state index contributed by atoms with van der Waals surface area (Å²) in [6.45, 7) is 0.360. The molecule has 0 bridgehead atoms. The Bertz CT molecular complexity index is 429. The third kappa shape index (κ3) is 3.80. The molecular weight excluding hydrogens is 254 g/mol. The van der Waals surface area contributed by atoms with E-state index in [-0.39, 0.29) is 18.6 Å². The molecule has 7 heteroatoms. The molecule has 1 saturated heterocycles. The summed E-state index contributed by atoms with van der Waals surface area (Å²) in [6.07, 6.45) is 2.88. The smallest absolute Gasteiger partial charge is 0.329 e. The first kappa shape index (κ1) is 13.6. The van der Waals surface area contributed by atoms with Crippen LogP contribution in [0.4, 0.5) is 0 Å². The second-order valence-electron chi connectivity index (χ2n) is 4.20.